The maximum atomic E-state index is 9.96. The molecule has 5 aromatic rings. The van der Waals surface area contributed by atoms with Gasteiger partial charge in [0.25, 0.3) is 0 Å². The number of aryl methyl sites for hydroxylation is 5. The zero-order chi connectivity index (χ0) is 64.6. The second-order valence-electron chi connectivity index (χ2n) is 26.6. The highest BCUT2D eigenvalue weighted by molar-refractivity contribution is 6.90. The Bertz CT molecular complexity index is 2530. The summed E-state index contributed by atoms with van der Waals surface area (Å²) in [5.41, 5.74) is 5.38. The summed E-state index contributed by atoms with van der Waals surface area (Å²) in [7, 11) is -13.8. The maximum Gasteiger partial charge on any atom is 0.314 e. The second-order valence-corrected chi connectivity index (χ2v) is 62.0. The molecule has 0 heterocycles. The molecule has 5 aromatic carbocycles. The molecule has 1 atom stereocenters. The van der Waals surface area contributed by atoms with E-state index in [1.54, 1.807) is 24.3 Å². The molecule has 0 aliphatic rings. The zero-order valence-corrected chi connectivity index (χ0v) is 66.8. The van der Waals surface area contributed by atoms with E-state index in [-0.39, 0.29) is 0 Å². The van der Waals surface area contributed by atoms with Gasteiger partial charge in [-0.2, -0.15) is 0 Å². The highest BCUT2D eigenvalue weighted by Gasteiger charge is 2.37. The van der Waals surface area contributed by atoms with Gasteiger partial charge in [-0.05, 0) is 228 Å². The molecule has 0 saturated carbocycles. The number of hydrogen-bond donors (Lipinski definition) is 4. The molecule has 0 aliphatic carbocycles. The van der Waals surface area contributed by atoms with Crippen LogP contribution < -0.4 is 5.19 Å². The Morgan fingerprint density at radius 3 is 1.11 bits per heavy atom. The first-order valence-corrected chi connectivity index (χ1v) is 58.7. The van der Waals surface area contributed by atoms with E-state index in [1.165, 1.54) is 16.8 Å². The molecular formula is C66H122O9Si9. The fraction of sp³-hybridized carbons (Fsp3) is 0.545. The van der Waals surface area contributed by atoms with Crippen molar-refractivity contribution in [1.82, 2.24) is 0 Å². The van der Waals surface area contributed by atoms with Crippen molar-refractivity contribution >= 4 is 81.7 Å². The first-order valence-electron chi connectivity index (χ1n) is 31.5. The van der Waals surface area contributed by atoms with Gasteiger partial charge in [-0.25, -0.2) is 0 Å². The van der Waals surface area contributed by atoms with Gasteiger partial charge in [-0.1, -0.05) is 161 Å². The van der Waals surface area contributed by atoms with Crippen molar-refractivity contribution in [3.63, 3.8) is 0 Å². The third kappa shape index (κ3) is 37.7. The Labute approximate surface area is 525 Å². The van der Waals surface area contributed by atoms with Crippen LogP contribution in [0.15, 0.2) is 121 Å². The lowest BCUT2D eigenvalue weighted by atomic mass is 10.1. The molecule has 5 rings (SSSR count). The summed E-state index contributed by atoms with van der Waals surface area (Å²) in [6, 6.07) is 44.0. The van der Waals surface area contributed by atoms with Crippen LogP contribution in [-0.2, 0) is 46.3 Å². The van der Waals surface area contributed by atoms with E-state index in [9.17, 15) is 20.4 Å². The van der Waals surface area contributed by atoms with E-state index in [0.717, 1.165) is 91.8 Å². The van der Waals surface area contributed by atoms with E-state index >= 15 is 0 Å². The summed E-state index contributed by atoms with van der Waals surface area (Å²) in [5, 5.41) is 40.8. The normalized spacial score (nSPS) is 12.6. The molecule has 0 aromatic heterocycles. The Morgan fingerprint density at radius 2 is 0.714 bits per heavy atom. The summed E-state index contributed by atoms with van der Waals surface area (Å²) >= 11 is 0. The number of para-hydroxylation sites is 3. The zero-order valence-electron chi connectivity index (χ0n) is 57.5. The van der Waals surface area contributed by atoms with Crippen LogP contribution in [0.25, 0.3) is 0 Å². The number of phenols is 4. The molecular weight excluding hydrogens is 1190 g/mol. The van der Waals surface area contributed by atoms with Gasteiger partial charge >= 0.3 is 17.1 Å². The van der Waals surface area contributed by atoms with Crippen LogP contribution >= 0.6 is 0 Å². The maximum absolute atomic E-state index is 9.96. The van der Waals surface area contributed by atoms with Gasteiger partial charge in [-0.15, -0.1) is 0 Å². The molecule has 0 radical (unpaired) electrons. The summed E-state index contributed by atoms with van der Waals surface area (Å²) in [6.07, 6.45) is 8.01. The molecule has 0 amide bonds. The molecule has 476 valence electrons. The fourth-order valence-corrected chi connectivity index (χ4v) is 44.2. The smallest absolute Gasteiger partial charge is 0.314 e. The van der Waals surface area contributed by atoms with Gasteiger partial charge in [0.1, 0.15) is 23.0 Å². The Morgan fingerprint density at radius 1 is 0.369 bits per heavy atom. The Balaban J connectivity index is 0.00000107. The van der Waals surface area contributed by atoms with Crippen LogP contribution in [0.2, 0.25) is 149 Å². The van der Waals surface area contributed by atoms with Crippen molar-refractivity contribution in [3.05, 3.63) is 149 Å². The summed E-state index contributed by atoms with van der Waals surface area (Å²) in [6.45, 7) is 52.9. The Hall–Kier alpha value is -2.95. The lowest BCUT2D eigenvalue weighted by Gasteiger charge is -2.35. The van der Waals surface area contributed by atoms with E-state index in [2.05, 4.69) is 168 Å². The predicted octanol–water partition coefficient (Wildman–Crippen LogP) is 19.2. The molecule has 0 aliphatic heterocycles. The van der Waals surface area contributed by atoms with Gasteiger partial charge in [0.2, 0.25) is 0 Å². The van der Waals surface area contributed by atoms with Gasteiger partial charge in [0.15, 0.2) is 51.4 Å². The van der Waals surface area contributed by atoms with Crippen molar-refractivity contribution in [2.75, 3.05) is 0 Å². The minimum atomic E-state index is -2.09. The number of phenolic OH excluding ortho intramolecular Hbond substituents is 4. The van der Waals surface area contributed by atoms with Gasteiger partial charge in [0.05, 0.1) is 8.07 Å². The highest BCUT2D eigenvalue weighted by Crippen LogP contribution is 2.29. The SMILES string of the molecule is CC.CC.C[SiH](C)O[Si](C)(C)O[Si](C)(C)CCCc1ccccc1O.C[Si](C)(C)O[Si](C)(C)CCCc1ccccc1O.C[Si](C)(CCCc1ccccc1O)c1ccccc1.Cc1ccc(O)c(CCC[Si](C)(O[SiH](C)C)O[Si](C)(C)C)c1. The standard InChI is InChI=1S/C17H22OSi.C16H32O3Si3.C15H30O3Si3.C14H26O2Si2.2C2H6/c1-19(2,16-11-4-3-5-12-16)14-8-10-15-9-6-7-13-17(15)18;1-14-10-11-16(17)15(13-14)9-8-12-22(7,18-20(2)3)19-21(4,5)6;1-19(2)17-21(5,6)18-20(3,4)13-9-11-14-10-7-8-12-15(14)16;1-17(2,3)16-18(4,5)12-8-10-13-9-6-7-11-14(13)15;2*1-2/h3-7,9,11-13,18H,8,10,14H2,1-2H3;10-11,13,17,20H,8-9,12H2,1-7H3;7-8,10,12,16,19H,9,11,13H2,1-6H3;6-7,9,11,15H,8,10,12H2,1-5H3;2*1-2H3. The van der Waals surface area contributed by atoms with Gasteiger partial charge in [-0.3, -0.25) is 0 Å². The van der Waals surface area contributed by atoms with Crippen molar-refractivity contribution in [2.24, 2.45) is 0 Å². The van der Waals surface area contributed by atoms with Gasteiger partial charge < -0.3 is 41.0 Å². The minimum Gasteiger partial charge on any atom is -0.508 e. The summed E-state index contributed by atoms with van der Waals surface area (Å²) < 4.78 is 31.6. The number of aromatic hydroxyl groups is 4. The number of hydrogen-bond acceptors (Lipinski definition) is 9. The monoisotopic (exact) mass is 1310 g/mol. The Kier molecular flexibility index (Phi) is 38.4. The molecule has 0 bridgehead atoms. The van der Waals surface area contributed by atoms with Crippen LogP contribution in [0.1, 0.15) is 81.2 Å². The van der Waals surface area contributed by atoms with E-state index < -0.39 is 76.5 Å². The van der Waals surface area contributed by atoms with Crippen molar-refractivity contribution in [3.8, 4) is 23.0 Å². The van der Waals surface area contributed by atoms with Crippen molar-refractivity contribution in [2.45, 2.75) is 235 Å². The average molecular weight is 1310 g/mol. The van der Waals surface area contributed by atoms with E-state index in [1.807, 2.05) is 88.4 Å². The van der Waals surface area contributed by atoms with Crippen LogP contribution in [0, 0.1) is 6.92 Å². The van der Waals surface area contributed by atoms with Crippen molar-refractivity contribution in [1.29, 1.82) is 0 Å². The third-order valence-corrected chi connectivity index (χ3v) is 42.1. The largest absolute Gasteiger partial charge is 0.508 e. The highest BCUT2D eigenvalue weighted by atomic mass is 28.5. The lowest BCUT2D eigenvalue weighted by molar-refractivity contribution is 0.389. The second kappa shape index (κ2) is 39.8. The van der Waals surface area contributed by atoms with Crippen LogP contribution in [0.3, 0.4) is 0 Å². The van der Waals surface area contributed by atoms with Crippen molar-refractivity contribution < 1.29 is 41.0 Å². The quantitative estimate of drug-likeness (QED) is 0.0380. The predicted molar refractivity (Wildman–Crippen MR) is 390 cm³/mol. The topological polar surface area (TPSA) is 127 Å². The van der Waals surface area contributed by atoms with Crippen LogP contribution in [0.4, 0.5) is 0 Å². The molecule has 1 unspecified atom stereocenters. The minimum absolute atomic E-state index is 0.402. The molecule has 18 heteroatoms. The summed E-state index contributed by atoms with van der Waals surface area (Å²) in [5.74, 6) is 1.66. The van der Waals surface area contributed by atoms with Crippen LogP contribution in [0.5, 0.6) is 23.0 Å². The van der Waals surface area contributed by atoms with Crippen LogP contribution in [-0.4, -0.2) is 97.0 Å². The average Bonchev–Trinajstić information content (AvgIpc) is 3.40. The number of benzene rings is 5. The lowest BCUT2D eigenvalue weighted by Crippen LogP contribution is -2.49. The molecule has 4 N–H and O–H groups in total. The number of rotatable bonds is 27. The first-order chi connectivity index (χ1) is 38.9. The summed E-state index contributed by atoms with van der Waals surface area (Å²) in [4.78, 5) is 0. The third-order valence-electron chi connectivity index (χ3n) is 13.2. The molecule has 0 fully saturated rings. The molecule has 0 saturated heterocycles. The molecule has 0 spiro atoms. The van der Waals surface area contributed by atoms with E-state index in [4.69, 9.17) is 20.6 Å². The fourth-order valence-electron chi connectivity index (χ4n) is 10.3. The van der Waals surface area contributed by atoms with Gasteiger partial charge in [0, 0.05) is 0 Å². The first kappa shape index (κ1) is 81.1. The molecule has 84 heavy (non-hydrogen) atoms. The molecule has 9 nitrogen and oxygen atoms in total. The van der Waals surface area contributed by atoms with E-state index in [0.29, 0.717) is 23.0 Å².